The van der Waals surface area contributed by atoms with Gasteiger partial charge in [-0.2, -0.15) is 5.10 Å². The molecule has 2 rings (SSSR count). The van der Waals surface area contributed by atoms with Gasteiger partial charge in [-0.25, -0.2) is 4.79 Å². The van der Waals surface area contributed by atoms with Crippen LogP contribution in [0.5, 0.6) is 0 Å². The fraction of sp³-hybridized carbons (Fsp3) is 0.333. The van der Waals surface area contributed by atoms with Gasteiger partial charge in [0.15, 0.2) is 5.82 Å². The number of aromatic nitrogens is 2. The van der Waals surface area contributed by atoms with Gasteiger partial charge in [-0.3, -0.25) is 10.00 Å². The standard InChI is InChI=1S/C15H20N4O2/c1-2-18(10-11-20)15(21)16-14-8-9-19(17-14)12-13-6-4-3-5-7-13/h3-9,20H,2,10-12H2,1H3,(H,16,17,21). The molecule has 112 valence electrons. The average molecular weight is 288 g/mol. The summed E-state index contributed by atoms with van der Waals surface area (Å²) in [7, 11) is 0. The Morgan fingerprint density at radius 2 is 2.10 bits per heavy atom. The first-order valence-corrected chi connectivity index (χ1v) is 6.97. The van der Waals surface area contributed by atoms with Gasteiger partial charge in [0.25, 0.3) is 0 Å². The maximum atomic E-state index is 12.0. The number of likely N-dealkylation sites (N-methyl/N-ethyl adjacent to an activating group) is 1. The Bertz CT molecular complexity index is 568. The molecule has 0 saturated carbocycles. The molecule has 1 aromatic heterocycles. The van der Waals surface area contributed by atoms with E-state index in [4.69, 9.17) is 5.11 Å². The third-order valence-corrected chi connectivity index (χ3v) is 3.10. The number of hydrogen-bond acceptors (Lipinski definition) is 3. The van der Waals surface area contributed by atoms with E-state index in [2.05, 4.69) is 10.4 Å². The van der Waals surface area contributed by atoms with Crippen molar-refractivity contribution in [3.05, 3.63) is 48.2 Å². The topological polar surface area (TPSA) is 70.4 Å². The lowest BCUT2D eigenvalue weighted by Gasteiger charge is -2.19. The summed E-state index contributed by atoms with van der Waals surface area (Å²) >= 11 is 0. The van der Waals surface area contributed by atoms with Gasteiger partial charge in [-0.05, 0) is 12.5 Å². The Morgan fingerprint density at radius 3 is 2.76 bits per heavy atom. The van der Waals surface area contributed by atoms with Gasteiger partial charge < -0.3 is 10.0 Å². The summed E-state index contributed by atoms with van der Waals surface area (Å²) in [6.07, 6.45) is 1.82. The number of benzene rings is 1. The second-order valence-electron chi connectivity index (χ2n) is 4.62. The highest BCUT2D eigenvalue weighted by molar-refractivity contribution is 5.88. The van der Waals surface area contributed by atoms with E-state index in [0.29, 0.717) is 25.5 Å². The fourth-order valence-electron chi connectivity index (χ4n) is 2.00. The molecule has 6 nitrogen and oxygen atoms in total. The summed E-state index contributed by atoms with van der Waals surface area (Å²) < 4.78 is 1.77. The Hall–Kier alpha value is -2.34. The van der Waals surface area contributed by atoms with Crippen LogP contribution in [0.1, 0.15) is 12.5 Å². The summed E-state index contributed by atoms with van der Waals surface area (Å²) in [6, 6.07) is 11.5. The van der Waals surface area contributed by atoms with Crippen LogP contribution in [0.3, 0.4) is 0 Å². The number of aliphatic hydroxyl groups is 1. The Morgan fingerprint density at radius 1 is 1.33 bits per heavy atom. The summed E-state index contributed by atoms with van der Waals surface area (Å²) in [6.45, 7) is 3.32. The summed E-state index contributed by atoms with van der Waals surface area (Å²) in [5.74, 6) is 0.507. The van der Waals surface area contributed by atoms with Crippen LogP contribution in [-0.2, 0) is 6.54 Å². The summed E-state index contributed by atoms with van der Waals surface area (Å²) in [5, 5.41) is 16.0. The van der Waals surface area contributed by atoms with E-state index in [1.54, 1.807) is 10.7 Å². The van der Waals surface area contributed by atoms with Crippen LogP contribution in [0, 0.1) is 0 Å². The molecule has 0 spiro atoms. The van der Waals surface area contributed by atoms with Crippen molar-refractivity contribution in [2.24, 2.45) is 0 Å². The summed E-state index contributed by atoms with van der Waals surface area (Å²) in [4.78, 5) is 13.5. The smallest absolute Gasteiger partial charge is 0.323 e. The van der Waals surface area contributed by atoms with E-state index >= 15 is 0 Å². The molecule has 0 aliphatic rings. The molecule has 0 bridgehead atoms. The lowest BCUT2D eigenvalue weighted by molar-refractivity contribution is 0.192. The van der Waals surface area contributed by atoms with Crippen molar-refractivity contribution in [1.82, 2.24) is 14.7 Å². The van der Waals surface area contributed by atoms with E-state index in [1.165, 1.54) is 4.90 Å². The van der Waals surface area contributed by atoms with Gasteiger partial charge in [0, 0.05) is 25.4 Å². The maximum absolute atomic E-state index is 12.0. The molecule has 0 fully saturated rings. The molecule has 0 saturated heterocycles. The van der Waals surface area contributed by atoms with Gasteiger partial charge in [-0.1, -0.05) is 30.3 Å². The third kappa shape index (κ3) is 4.32. The predicted molar refractivity (Wildman–Crippen MR) is 81.1 cm³/mol. The Labute approximate surface area is 124 Å². The second-order valence-corrected chi connectivity index (χ2v) is 4.62. The molecule has 2 N–H and O–H groups in total. The number of anilines is 1. The zero-order valence-corrected chi connectivity index (χ0v) is 12.1. The fourth-order valence-corrected chi connectivity index (χ4v) is 2.00. The highest BCUT2D eigenvalue weighted by Crippen LogP contribution is 2.07. The SMILES string of the molecule is CCN(CCO)C(=O)Nc1ccn(Cc2ccccc2)n1. The van der Waals surface area contributed by atoms with Crippen LogP contribution in [0.4, 0.5) is 10.6 Å². The van der Waals surface area contributed by atoms with Crippen molar-refractivity contribution in [3.8, 4) is 0 Å². The minimum absolute atomic E-state index is 0.0519. The molecule has 2 amide bonds. The molecule has 2 aromatic rings. The van der Waals surface area contributed by atoms with Crippen LogP contribution in [0.2, 0.25) is 0 Å². The second kappa shape index (κ2) is 7.44. The molecule has 1 aromatic carbocycles. The van der Waals surface area contributed by atoms with Crippen molar-refractivity contribution in [1.29, 1.82) is 0 Å². The number of carbonyl (C=O) groups excluding carboxylic acids is 1. The normalized spacial score (nSPS) is 10.4. The molecule has 21 heavy (non-hydrogen) atoms. The zero-order chi connectivity index (χ0) is 15.1. The van der Waals surface area contributed by atoms with Crippen LogP contribution >= 0.6 is 0 Å². The maximum Gasteiger partial charge on any atom is 0.323 e. The first-order valence-electron chi connectivity index (χ1n) is 6.97. The van der Waals surface area contributed by atoms with Crippen molar-refractivity contribution in [3.63, 3.8) is 0 Å². The molecule has 0 atom stereocenters. The van der Waals surface area contributed by atoms with Gasteiger partial charge in [0.1, 0.15) is 0 Å². The number of nitrogens with zero attached hydrogens (tertiary/aromatic N) is 3. The Kier molecular flexibility index (Phi) is 5.34. The van der Waals surface area contributed by atoms with Gasteiger partial charge in [0.05, 0.1) is 13.2 Å². The molecule has 0 aliphatic heterocycles. The van der Waals surface area contributed by atoms with E-state index in [1.807, 2.05) is 43.5 Å². The quantitative estimate of drug-likeness (QED) is 0.851. The molecule has 0 aliphatic carbocycles. The van der Waals surface area contributed by atoms with Crippen LogP contribution in [-0.4, -0.2) is 45.5 Å². The zero-order valence-electron chi connectivity index (χ0n) is 12.1. The van der Waals surface area contributed by atoms with E-state index in [0.717, 1.165) is 5.56 Å². The first kappa shape index (κ1) is 15.1. The molecule has 1 heterocycles. The highest BCUT2D eigenvalue weighted by Gasteiger charge is 2.12. The van der Waals surface area contributed by atoms with Gasteiger partial charge in [-0.15, -0.1) is 0 Å². The molecule has 0 radical (unpaired) electrons. The molecule has 6 heteroatoms. The van der Waals surface area contributed by atoms with Crippen molar-refractivity contribution >= 4 is 11.8 Å². The average Bonchev–Trinajstić information content (AvgIpc) is 2.92. The van der Waals surface area contributed by atoms with Crippen molar-refractivity contribution in [2.75, 3.05) is 25.0 Å². The van der Waals surface area contributed by atoms with Crippen LogP contribution in [0.25, 0.3) is 0 Å². The first-order chi connectivity index (χ1) is 10.2. The molecular formula is C15H20N4O2. The van der Waals surface area contributed by atoms with Crippen LogP contribution < -0.4 is 5.32 Å². The number of urea groups is 1. The minimum Gasteiger partial charge on any atom is -0.395 e. The number of amides is 2. The number of rotatable bonds is 6. The number of nitrogens with one attached hydrogen (secondary N) is 1. The predicted octanol–water partition coefficient (Wildman–Crippen LogP) is 1.78. The monoisotopic (exact) mass is 288 g/mol. The Balaban J connectivity index is 1.95. The summed E-state index contributed by atoms with van der Waals surface area (Å²) in [5.41, 5.74) is 1.15. The minimum atomic E-state index is -0.253. The molecule has 0 unspecified atom stereocenters. The van der Waals surface area contributed by atoms with E-state index < -0.39 is 0 Å². The number of aliphatic hydroxyl groups excluding tert-OH is 1. The van der Waals surface area contributed by atoms with E-state index in [9.17, 15) is 4.79 Å². The van der Waals surface area contributed by atoms with Crippen LogP contribution in [0.15, 0.2) is 42.6 Å². The molecular weight excluding hydrogens is 268 g/mol. The number of carbonyl (C=O) groups is 1. The third-order valence-electron chi connectivity index (χ3n) is 3.10. The lowest BCUT2D eigenvalue weighted by atomic mass is 10.2. The van der Waals surface area contributed by atoms with Gasteiger partial charge in [0.2, 0.25) is 0 Å². The lowest BCUT2D eigenvalue weighted by Crippen LogP contribution is -2.36. The number of hydrogen-bond donors (Lipinski definition) is 2. The highest BCUT2D eigenvalue weighted by atomic mass is 16.3. The largest absolute Gasteiger partial charge is 0.395 e. The van der Waals surface area contributed by atoms with Crippen molar-refractivity contribution in [2.45, 2.75) is 13.5 Å². The van der Waals surface area contributed by atoms with Gasteiger partial charge >= 0.3 is 6.03 Å². The van der Waals surface area contributed by atoms with Crippen molar-refractivity contribution < 1.29 is 9.90 Å². The van der Waals surface area contributed by atoms with E-state index in [-0.39, 0.29) is 12.6 Å².